The molecule has 0 fully saturated rings. The van der Waals surface area contributed by atoms with Crippen molar-refractivity contribution in [3.8, 4) is 5.69 Å². The molecule has 1 atom stereocenters. The van der Waals surface area contributed by atoms with E-state index in [2.05, 4.69) is 45.1 Å². The zero-order chi connectivity index (χ0) is 20.2. The molecule has 0 spiro atoms. The lowest BCUT2D eigenvalue weighted by Gasteiger charge is -2.16. The molecule has 0 aliphatic heterocycles. The minimum atomic E-state index is -0.0951. The number of fused-ring (bicyclic) bond motifs is 1. The Morgan fingerprint density at radius 3 is 2.66 bits per heavy atom. The summed E-state index contributed by atoms with van der Waals surface area (Å²) in [6.07, 6.45) is 0. The Kier molecular flexibility index (Phi) is 5.57. The van der Waals surface area contributed by atoms with Gasteiger partial charge in [0.05, 0.1) is 17.5 Å². The number of amides is 1. The van der Waals surface area contributed by atoms with E-state index in [1.165, 1.54) is 11.8 Å². The number of carbonyl (C=O) groups excluding carboxylic acids is 1. The Morgan fingerprint density at radius 2 is 1.83 bits per heavy atom. The smallest absolute Gasteiger partial charge is 0.230 e. The molecule has 6 nitrogen and oxygen atoms in total. The highest BCUT2D eigenvalue weighted by molar-refractivity contribution is 7.99. The van der Waals surface area contributed by atoms with Crippen molar-refractivity contribution >= 4 is 28.4 Å². The predicted molar refractivity (Wildman–Crippen MR) is 115 cm³/mol. The van der Waals surface area contributed by atoms with Gasteiger partial charge in [-0.05, 0) is 52.7 Å². The fraction of sp³-hybridized carbons (Fsp3) is 0.182. The van der Waals surface area contributed by atoms with Crippen LogP contribution in [0.3, 0.4) is 0 Å². The van der Waals surface area contributed by atoms with E-state index in [0.717, 1.165) is 27.6 Å². The van der Waals surface area contributed by atoms with Crippen LogP contribution < -0.4 is 5.32 Å². The molecule has 0 aliphatic carbocycles. The van der Waals surface area contributed by atoms with Gasteiger partial charge in [-0.25, -0.2) is 0 Å². The van der Waals surface area contributed by atoms with Gasteiger partial charge in [-0.3, -0.25) is 4.79 Å². The van der Waals surface area contributed by atoms with Gasteiger partial charge >= 0.3 is 0 Å². The van der Waals surface area contributed by atoms with Crippen molar-refractivity contribution in [1.29, 1.82) is 0 Å². The number of benzene rings is 3. The number of tetrazole rings is 1. The molecule has 1 N–H and O–H groups in total. The first-order valence-electron chi connectivity index (χ1n) is 9.37. The summed E-state index contributed by atoms with van der Waals surface area (Å²) < 4.78 is 1.64. The second kappa shape index (κ2) is 8.45. The van der Waals surface area contributed by atoms with Crippen molar-refractivity contribution in [1.82, 2.24) is 25.5 Å². The van der Waals surface area contributed by atoms with E-state index in [4.69, 9.17) is 0 Å². The summed E-state index contributed by atoms with van der Waals surface area (Å²) in [5.41, 5.74) is 3.14. The van der Waals surface area contributed by atoms with Gasteiger partial charge in [0, 0.05) is 0 Å². The maximum Gasteiger partial charge on any atom is 0.230 e. The first-order valence-corrected chi connectivity index (χ1v) is 10.4. The molecule has 1 heterocycles. The fourth-order valence-corrected chi connectivity index (χ4v) is 3.94. The molecule has 0 saturated heterocycles. The van der Waals surface area contributed by atoms with Crippen molar-refractivity contribution in [3.05, 3.63) is 77.9 Å². The zero-order valence-electron chi connectivity index (χ0n) is 16.2. The average Bonchev–Trinajstić information content (AvgIpc) is 3.21. The lowest BCUT2D eigenvalue weighted by molar-refractivity contribution is -0.119. The molecule has 7 heteroatoms. The lowest BCUT2D eigenvalue weighted by Crippen LogP contribution is -2.28. The predicted octanol–water partition coefficient (Wildman–Crippen LogP) is 4.09. The molecule has 4 rings (SSSR count). The van der Waals surface area contributed by atoms with Gasteiger partial charge < -0.3 is 5.32 Å². The minimum Gasteiger partial charge on any atom is -0.349 e. The lowest BCUT2D eigenvalue weighted by atomic mass is 10.00. The molecule has 29 heavy (non-hydrogen) atoms. The van der Waals surface area contributed by atoms with Crippen molar-refractivity contribution in [2.24, 2.45) is 0 Å². The molecule has 0 radical (unpaired) electrons. The molecule has 146 valence electrons. The molecule has 1 amide bonds. The number of nitrogens with one attached hydrogen (secondary N) is 1. The summed E-state index contributed by atoms with van der Waals surface area (Å²) in [5.74, 6) is 0.176. The summed E-state index contributed by atoms with van der Waals surface area (Å²) >= 11 is 1.32. The van der Waals surface area contributed by atoms with Crippen molar-refractivity contribution in [2.75, 3.05) is 5.75 Å². The van der Waals surface area contributed by atoms with Crippen LogP contribution in [0.15, 0.2) is 71.9 Å². The number of nitrogens with zero attached hydrogens (tertiary/aromatic N) is 4. The molecular formula is C22H21N5OS. The largest absolute Gasteiger partial charge is 0.349 e. The third-order valence-corrected chi connectivity index (χ3v) is 5.64. The molecule has 3 aromatic carbocycles. The number of rotatable bonds is 6. The average molecular weight is 404 g/mol. The van der Waals surface area contributed by atoms with Crippen LogP contribution >= 0.6 is 11.8 Å². The topological polar surface area (TPSA) is 72.7 Å². The summed E-state index contributed by atoms with van der Waals surface area (Å²) in [4.78, 5) is 12.5. The quantitative estimate of drug-likeness (QED) is 0.491. The zero-order valence-corrected chi connectivity index (χ0v) is 17.1. The highest BCUT2D eigenvalue weighted by Crippen LogP contribution is 2.24. The van der Waals surface area contributed by atoms with Crippen LogP contribution in [0.5, 0.6) is 0 Å². The van der Waals surface area contributed by atoms with E-state index in [1.807, 2.05) is 56.3 Å². The van der Waals surface area contributed by atoms with E-state index >= 15 is 0 Å². The van der Waals surface area contributed by atoms with Gasteiger partial charge in [0.25, 0.3) is 0 Å². The number of carbonyl (C=O) groups is 1. The third kappa shape index (κ3) is 4.30. The molecule has 0 saturated carbocycles. The van der Waals surface area contributed by atoms with Gasteiger partial charge in [0.15, 0.2) is 0 Å². The van der Waals surface area contributed by atoms with Crippen molar-refractivity contribution < 1.29 is 4.79 Å². The molecule has 0 bridgehead atoms. The van der Waals surface area contributed by atoms with Gasteiger partial charge in [-0.1, -0.05) is 71.9 Å². The van der Waals surface area contributed by atoms with E-state index in [-0.39, 0.29) is 17.7 Å². The van der Waals surface area contributed by atoms with Gasteiger partial charge in [-0.2, -0.15) is 4.68 Å². The Morgan fingerprint density at radius 1 is 1.07 bits per heavy atom. The van der Waals surface area contributed by atoms with Crippen LogP contribution in [0.1, 0.15) is 24.1 Å². The number of thioether (sulfide) groups is 1. The van der Waals surface area contributed by atoms with E-state index in [9.17, 15) is 4.79 Å². The maximum atomic E-state index is 12.5. The van der Waals surface area contributed by atoms with E-state index < -0.39 is 0 Å². The Bertz CT molecular complexity index is 1130. The number of hydrogen-bond acceptors (Lipinski definition) is 5. The highest BCUT2D eigenvalue weighted by atomic mass is 32.2. The van der Waals surface area contributed by atoms with Crippen LogP contribution in [0.4, 0.5) is 0 Å². The number of aryl methyl sites for hydroxylation is 1. The van der Waals surface area contributed by atoms with Gasteiger partial charge in [0.1, 0.15) is 0 Å². The van der Waals surface area contributed by atoms with Crippen molar-refractivity contribution in [3.63, 3.8) is 0 Å². The summed E-state index contributed by atoms with van der Waals surface area (Å²) in [7, 11) is 0. The second-order valence-corrected chi connectivity index (χ2v) is 7.80. The standard InChI is InChI=1S/C22H21N5OS/c1-15-10-12-18(13-11-15)27-22(24-25-26-27)29-14-21(28)23-16(2)19-9-5-7-17-6-3-4-8-20(17)19/h3-13,16H,14H2,1-2H3,(H,23,28)/t16-/m0/s1. The Balaban J connectivity index is 1.42. The van der Waals surface area contributed by atoms with E-state index in [1.54, 1.807) is 4.68 Å². The first kappa shape index (κ1) is 19.1. The Labute approximate surface area is 173 Å². The highest BCUT2D eigenvalue weighted by Gasteiger charge is 2.15. The minimum absolute atomic E-state index is 0.0612. The number of hydrogen-bond donors (Lipinski definition) is 1. The van der Waals surface area contributed by atoms with Crippen LogP contribution in [-0.4, -0.2) is 31.9 Å². The van der Waals surface area contributed by atoms with Gasteiger partial charge in [-0.15, -0.1) is 5.10 Å². The Hall–Kier alpha value is -3.19. The molecule has 1 aromatic heterocycles. The monoisotopic (exact) mass is 403 g/mol. The number of aromatic nitrogens is 4. The molecular weight excluding hydrogens is 382 g/mol. The van der Waals surface area contributed by atoms with E-state index in [0.29, 0.717) is 5.16 Å². The SMILES string of the molecule is Cc1ccc(-n2nnnc2SCC(=O)N[C@@H](C)c2cccc3ccccc23)cc1. The second-order valence-electron chi connectivity index (χ2n) is 6.86. The van der Waals surface area contributed by atoms with Crippen LogP contribution in [0, 0.1) is 6.92 Å². The summed E-state index contributed by atoms with van der Waals surface area (Å²) in [6.45, 7) is 4.03. The molecule has 0 aliphatic rings. The van der Waals surface area contributed by atoms with Gasteiger partial charge in [0.2, 0.25) is 11.1 Å². The first-order chi connectivity index (χ1) is 14.1. The summed E-state index contributed by atoms with van der Waals surface area (Å²) in [6, 6.07) is 22.2. The van der Waals surface area contributed by atoms with Crippen LogP contribution in [-0.2, 0) is 4.79 Å². The fourth-order valence-electron chi connectivity index (χ4n) is 3.24. The maximum absolute atomic E-state index is 12.5. The normalized spacial score (nSPS) is 12.1. The van der Waals surface area contributed by atoms with Crippen molar-refractivity contribution in [2.45, 2.75) is 25.0 Å². The molecule has 0 unspecified atom stereocenters. The van der Waals surface area contributed by atoms with Crippen LogP contribution in [0.25, 0.3) is 16.5 Å². The van der Waals surface area contributed by atoms with Crippen LogP contribution in [0.2, 0.25) is 0 Å². The summed E-state index contributed by atoms with van der Waals surface area (Å²) in [5, 5.41) is 17.8. The third-order valence-electron chi connectivity index (χ3n) is 4.72. The molecule has 4 aromatic rings.